The zero-order chi connectivity index (χ0) is 46.5. The summed E-state index contributed by atoms with van der Waals surface area (Å²) in [6.45, 7) is 20.3. The maximum atomic E-state index is 12.6. The summed E-state index contributed by atoms with van der Waals surface area (Å²) in [5.41, 5.74) is 0.950. The number of hydrogen-bond acceptors (Lipinski definition) is 8. The average Bonchev–Trinajstić information content (AvgIpc) is 3.23. The molecule has 1 aliphatic carbocycles. The number of benzene rings is 2. The Morgan fingerprint density at radius 3 is 1.42 bits per heavy atom. The Labute approximate surface area is 391 Å². The normalized spacial score (nSPS) is 20.3. The van der Waals surface area contributed by atoms with Crippen LogP contribution >= 0.6 is 0 Å². The Balaban J connectivity index is 0.000000294. The second-order valence-electron chi connectivity index (χ2n) is 22.0. The molecule has 2 saturated heterocycles. The van der Waals surface area contributed by atoms with Gasteiger partial charge in [0.2, 0.25) is 0 Å². The monoisotopic (exact) mass is 889 g/mol. The fraction of sp³-hybridized carbons (Fsp3) is 0.750. The van der Waals surface area contributed by atoms with E-state index in [0.717, 1.165) is 44.1 Å². The molecule has 3 fully saturated rings. The molecule has 3 aliphatic rings. The highest BCUT2D eigenvalue weighted by Gasteiger charge is 2.49. The van der Waals surface area contributed by atoms with Gasteiger partial charge in [-0.2, -0.15) is 10.1 Å². The first-order valence-electron chi connectivity index (χ1n) is 25.9. The molecule has 362 valence electrons. The largest absolute Gasteiger partial charge is 0.462 e. The summed E-state index contributed by atoms with van der Waals surface area (Å²) in [4.78, 5) is 37.9. The quantitative estimate of drug-likeness (QED) is 0.0762. The van der Waals surface area contributed by atoms with Crippen molar-refractivity contribution in [2.45, 2.75) is 270 Å². The first-order valence-corrected chi connectivity index (χ1v) is 25.9. The van der Waals surface area contributed by atoms with Gasteiger partial charge < -0.3 is 9.47 Å². The van der Waals surface area contributed by atoms with E-state index in [0.29, 0.717) is 24.7 Å². The van der Waals surface area contributed by atoms with Crippen molar-refractivity contribution >= 4 is 11.9 Å². The number of hydrogen-bond donors (Lipinski definition) is 0. The van der Waals surface area contributed by atoms with E-state index in [1.807, 2.05) is 36.4 Å². The van der Waals surface area contributed by atoms with Crippen LogP contribution in [-0.4, -0.2) is 62.5 Å². The number of ether oxygens (including phenoxy) is 2. The lowest BCUT2D eigenvalue weighted by Crippen LogP contribution is -2.63. The SMILES string of the molecule is CC1(C)CC(OC(=O)c2ccccc2)CC(C)(C)N1OCc1ccccc1.CCCCCCCCCCCCCCCCCC(=O)OC1CC(C)(C)N(OC2CCCCC2)C(C)(C)C1. The minimum atomic E-state index is -0.258. The van der Waals surface area contributed by atoms with Gasteiger partial charge in [0, 0.05) is 54.3 Å². The lowest BCUT2D eigenvalue weighted by atomic mass is 9.80. The molecule has 0 bridgehead atoms. The lowest BCUT2D eigenvalue weighted by Gasteiger charge is -2.54. The average molecular weight is 889 g/mol. The van der Waals surface area contributed by atoms with Crippen molar-refractivity contribution < 1.29 is 28.7 Å². The highest BCUT2D eigenvalue weighted by Crippen LogP contribution is 2.42. The summed E-state index contributed by atoms with van der Waals surface area (Å²) in [5.74, 6) is -0.265. The number of hydroxylamine groups is 4. The smallest absolute Gasteiger partial charge is 0.338 e. The van der Waals surface area contributed by atoms with Crippen LogP contribution in [0.2, 0.25) is 0 Å². The number of carbonyl (C=O) groups excluding carboxylic acids is 2. The summed E-state index contributed by atoms with van der Waals surface area (Å²) in [7, 11) is 0. The second-order valence-corrected chi connectivity index (χ2v) is 22.0. The molecule has 0 spiro atoms. The van der Waals surface area contributed by atoms with Gasteiger partial charge in [0.1, 0.15) is 12.2 Å². The molecular formula is C56H92N2O6. The fourth-order valence-corrected chi connectivity index (χ4v) is 10.9. The molecule has 8 heteroatoms. The Kier molecular flexibility index (Phi) is 22.8. The molecule has 0 radical (unpaired) electrons. The van der Waals surface area contributed by atoms with Crippen LogP contribution in [-0.2, 0) is 30.6 Å². The zero-order valence-electron chi connectivity index (χ0n) is 42.2. The molecule has 2 aromatic rings. The van der Waals surface area contributed by atoms with Gasteiger partial charge in [-0.15, -0.1) is 0 Å². The molecule has 1 saturated carbocycles. The highest BCUT2D eigenvalue weighted by atomic mass is 16.7. The van der Waals surface area contributed by atoms with Crippen molar-refractivity contribution in [3.63, 3.8) is 0 Å². The van der Waals surface area contributed by atoms with Crippen molar-refractivity contribution in [1.29, 1.82) is 0 Å². The molecule has 64 heavy (non-hydrogen) atoms. The number of piperidine rings is 2. The Morgan fingerprint density at radius 1 is 0.516 bits per heavy atom. The van der Waals surface area contributed by atoms with Crippen LogP contribution in [0.25, 0.3) is 0 Å². The molecule has 8 nitrogen and oxygen atoms in total. The van der Waals surface area contributed by atoms with Gasteiger partial charge in [0.15, 0.2) is 0 Å². The third-order valence-corrected chi connectivity index (χ3v) is 13.7. The van der Waals surface area contributed by atoms with E-state index in [9.17, 15) is 9.59 Å². The minimum Gasteiger partial charge on any atom is -0.462 e. The van der Waals surface area contributed by atoms with Gasteiger partial charge in [-0.3, -0.25) is 14.5 Å². The molecule has 0 unspecified atom stereocenters. The van der Waals surface area contributed by atoms with E-state index in [1.165, 1.54) is 116 Å². The van der Waals surface area contributed by atoms with Crippen molar-refractivity contribution in [3.8, 4) is 0 Å². The molecule has 2 aliphatic heterocycles. The maximum Gasteiger partial charge on any atom is 0.338 e. The summed E-state index contributed by atoms with van der Waals surface area (Å²) in [6, 6.07) is 19.3. The van der Waals surface area contributed by atoms with E-state index in [1.54, 1.807) is 12.1 Å². The Bertz CT molecular complexity index is 1550. The van der Waals surface area contributed by atoms with Crippen LogP contribution in [0.1, 0.15) is 239 Å². The first kappa shape index (κ1) is 53.8. The first-order chi connectivity index (χ1) is 30.5. The van der Waals surface area contributed by atoms with Crippen molar-refractivity contribution in [1.82, 2.24) is 10.1 Å². The summed E-state index contributed by atoms with van der Waals surface area (Å²) in [6.07, 6.45) is 30.3. The Hall–Kier alpha value is -2.78. The predicted octanol–water partition coefficient (Wildman–Crippen LogP) is 15.1. The number of carbonyl (C=O) groups is 2. The molecule has 0 N–H and O–H groups in total. The van der Waals surface area contributed by atoms with Crippen LogP contribution in [0.5, 0.6) is 0 Å². The molecule has 0 aromatic heterocycles. The van der Waals surface area contributed by atoms with E-state index < -0.39 is 0 Å². The molecule has 2 heterocycles. The zero-order valence-corrected chi connectivity index (χ0v) is 42.2. The van der Waals surface area contributed by atoms with Gasteiger partial charge in [-0.05, 0) is 92.3 Å². The molecule has 5 rings (SSSR count). The minimum absolute atomic E-state index is 0.00653. The van der Waals surface area contributed by atoms with E-state index in [-0.39, 0.29) is 46.3 Å². The van der Waals surface area contributed by atoms with Gasteiger partial charge in [-0.25, -0.2) is 4.79 Å². The molecular weight excluding hydrogens is 797 g/mol. The van der Waals surface area contributed by atoms with Crippen LogP contribution < -0.4 is 0 Å². The third-order valence-electron chi connectivity index (χ3n) is 13.7. The van der Waals surface area contributed by atoms with Gasteiger partial charge >= 0.3 is 11.9 Å². The Morgan fingerprint density at radius 2 is 0.938 bits per heavy atom. The van der Waals surface area contributed by atoms with Gasteiger partial charge in [0.05, 0.1) is 18.3 Å². The second kappa shape index (κ2) is 27.1. The van der Waals surface area contributed by atoms with E-state index >= 15 is 0 Å². The number of esters is 2. The number of nitrogens with zero attached hydrogens (tertiary/aromatic N) is 2. The molecule has 0 atom stereocenters. The van der Waals surface area contributed by atoms with Gasteiger partial charge in [0.25, 0.3) is 0 Å². The standard InChI is InChI=1S/C33H63NO3.C23H29NO3/c1-6-7-8-9-10-11-12-13-14-15-16-17-18-19-23-26-31(35)36-30-27-32(2,3)34(33(4,5)28-30)37-29-24-21-20-22-25-29;1-22(2)15-20(27-21(25)19-13-9-6-10-14-19)16-23(3,4)24(22)26-17-18-11-7-5-8-12-18/h29-30H,6-28H2,1-5H3;5-14,20H,15-17H2,1-4H3. The maximum absolute atomic E-state index is 12.6. The van der Waals surface area contributed by atoms with Crippen LogP contribution in [0.15, 0.2) is 60.7 Å². The number of rotatable bonds is 24. The summed E-state index contributed by atoms with van der Waals surface area (Å²) >= 11 is 0. The fourth-order valence-electron chi connectivity index (χ4n) is 10.9. The van der Waals surface area contributed by atoms with Crippen LogP contribution in [0.4, 0.5) is 0 Å². The molecule has 0 amide bonds. The van der Waals surface area contributed by atoms with Crippen molar-refractivity contribution in [2.24, 2.45) is 0 Å². The van der Waals surface area contributed by atoms with E-state index in [2.05, 4.69) is 84.6 Å². The van der Waals surface area contributed by atoms with Crippen LogP contribution in [0.3, 0.4) is 0 Å². The van der Waals surface area contributed by atoms with Gasteiger partial charge in [-0.1, -0.05) is 165 Å². The lowest BCUT2D eigenvalue weighted by molar-refractivity contribution is -0.318. The third kappa shape index (κ3) is 18.8. The summed E-state index contributed by atoms with van der Waals surface area (Å²) < 4.78 is 11.8. The topological polar surface area (TPSA) is 77.5 Å². The van der Waals surface area contributed by atoms with E-state index in [4.69, 9.17) is 19.1 Å². The highest BCUT2D eigenvalue weighted by molar-refractivity contribution is 5.89. The van der Waals surface area contributed by atoms with Crippen molar-refractivity contribution in [3.05, 3.63) is 71.8 Å². The van der Waals surface area contributed by atoms with Crippen LogP contribution in [0, 0.1) is 0 Å². The number of unbranched alkanes of at least 4 members (excludes halogenated alkanes) is 14. The summed E-state index contributed by atoms with van der Waals surface area (Å²) in [5, 5.41) is 4.33. The van der Waals surface area contributed by atoms with Crippen molar-refractivity contribution in [2.75, 3.05) is 0 Å². The molecule has 2 aromatic carbocycles. The predicted molar refractivity (Wildman–Crippen MR) is 263 cm³/mol.